The van der Waals surface area contributed by atoms with E-state index in [0.29, 0.717) is 0 Å². The highest BCUT2D eigenvalue weighted by Gasteiger charge is 2.35. The monoisotopic (exact) mass is 331 g/mol. The topological polar surface area (TPSA) is 39.2 Å². The number of rotatable bonds is 1. The molecule has 15 heavy (non-hydrogen) atoms. The lowest BCUT2D eigenvalue weighted by molar-refractivity contribution is -0.141. The van der Waals surface area contributed by atoms with Crippen LogP contribution in [0.15, 0.2) is 12.1 Å². The van der Waals surface area contributed by atoms with Gasteiger partial charge in [0.05, 0.1) is 7.11 Å². The van der Waals surface area contributed by atoms with Crippen LogP contribution in [0.1, 0.15) is 16.2 Å². The summed E-state index contributed by atoms with van der Waals surface area (Å²) < 4.78 is 41.3. The van der Waals surface area contributed by atoms with Gasteiger partial charge in [-0.15, -0.1) is 0 Å². The number of pyridine rings is 1. The average molecular weight is 331 g/mol. The van der Waals surface area contributed by atoms with E-state index in [-0.39, 0.29) is 9.26 Å². The summed E-state index contributed by atoms with van der Waals surface area (Å²) in [6.07, 6.45) is -4.57. The predicted octanol–water partition coefficient (Wildman–Crippen LogP) is 2.49. The van der Waals surface area contributed by atoms with Crippen molar-refractivity contribution < 1.29 is 22.7 Å². The Kier molecular flexibility index (Phi) is 3.53. The van der Waals surface area contributed by atoms with E-state index in [2.05, 4.69) is 9.72 Å². The number of hydrogen-bond acceptors (Lipinski definition) is 3. The molecule has 0 atom stereocenters. The molecule has 1 rings (SSSR count). The van der Waals surface area contributed by atoms with E-state index in [1.165, 1.54) is 34.7 Å². The first-order chi connectivity index (χ1) is 6.86. The van der Waals surface area contributed by atoms with Crippen molar-refractivity contribution in [2.24, 2.45) is 0 Å². The number of hydrogen-bond donors (Lipinski definition) is 0. The minimum atomic E-state index is -4.57. The lowest BCUT2D eigenvalue weighted by Gasteiger charge is -2.08. The molecule has 3 nitrogen and oxygen atoms in total. The summed E-state index contributed by atoms with van der Waals surface area (Å²) in [6, 6.07) is 2.35. The van der Waals surface area contributed by atoms with E-state index in [9.17, 15) is 18.0 Å². The molecule has 0 N–H and O–H groups in total. The van der Waals surface area contributed by atoms with E-state index < -0.39 is 17.8 Å². The molecule has 0 fully saturated rings. The largest absolute Gasteiger partial charge is 0.464 e. The standard InChI is InChI=1S/C8H5F3INO2/c1-15-7(14)5-3-2-4(12)6(13-5)8(9,10)11/h2-3H,1H3. The maximum atomic E-state index is 12.4. The number of ether oxygens (including phenoxy) is 1. The van der Waals surface area contributed by atoms with Crippen molar-refractivity contribution in [3.63, 3.8) is 0 Å². The third-order valence-corrected chi connectivity index (χ3v) is 2.38. The number of methoxy groups -OCH3 is 1. The summed E-state index contributed by atoms with van der Waals surface area (Å²) in [5.41, 5.74) is -1.43. The summed E-state index contributed by atoms with van der Waals surface area (Å²) in [7, 11) is 1.08. The number of halogens is 4. The molecule has 0 aliphatic heterocycles. The van der Waals surface area contributed by atoms with E-state index in [4.69, 9.17) is 0 Å². The van der Waals surface area contributed by atoms with Gasteiger partial charge in [0, 0.05) is 3.57 Å². The Balaban J connectivity index is 3.23. The van der Waals surface area contributed by atoms with Gasteiger partial charge >= 0.3 is 12.1 Å². The van der Waals surface area contributed by atoms with Crippen LogP contribution in [0.3, 0.4) is 0 Å². The molecule has 0 aromatic carbocycles. The van der Waals surface area contributed by atoms with Crippen LogP contribution in [-0.2, 0) is 10.9 Å². The number of carbonyl (C=O) groups excluding carboxylic acids is 1. The summed E-state index contributed by atoms with van der Waals surface area (Å²) in [4.78, 5) is 14.2. The fourth-order valence-corrected chi connectivity index (χ4v) is 1.47. The summed E-state index contributed by atoms with van der Waals surface area (Å²) >= 11 is 1.50. The maximum Gasteiger partial charge on any atom is 0.434 e. The van der Waals surface area contributed by atoms with Crippen molar-refractivity contribution in [1.82, 2.24) is 4.98 Å². The SMILES string of the molecule is COC(=O)c1ccc(I)c(C(F)(F)F)n1. The highest BCUT2D eigenvalue weighted by molar-refractivity contribution is 14.1. The van der Waals surface area contributed by atoms with Crippen LogP contribution in [0.4, 0.5) is 13.2 Å². The Labute approximate surface area is 96.8 Å². The summed E-state index contributed by atoms with van der Waals surface area (Å²) in [5.74, 6) is -0.892. The van der Waals surface area contributed by atoms with Crippen molar-refractivity contribution in [1.29, 1.82) is 0 Å². The van der Waals surface area contributed by atoms with Gasteiger partial charge < -0.3 is 4.74 Å². The fourth-order valence-electron chi connectivity index (χ4n) is 0.859. The fraction of sp³-hybridized carbons (Fsp3) is 0.250. The van der Waals surface area contributed by atoms with Crippen molar-refractivity contribution in [2.45, 2.75) is 6.18 Å². The number of carbonyl (C=O) groups is 1. The summed E-state index contributed by atoms with van der Waals surface area (Å²) in [5, 5.41) is 0. The lowest BCUT2D eigenvalue weighted by Crippen LogP contribution is -2.14. The van der Waals surface area contributed by atoms with Gasteiger partial charge in [-0.25, -0.2) is 9.78 Å². The molecule has 0 unspecified atom stereocenters. The quantitative estimate of drug-likeness (QED) is 0.586. The van der Waals surface area contributed by atoms with Gasteiger partial charge in [-0.05, 0) is 34.7 Å². The average Bonchev–Trinajstić information content (AvgIpc) is 2.15. The molecular formula is C8H5F3INO2. The zero-order valence-electron chi connectivity index (χ0n) is 7.43. The molecule has 0 amide bonds. The van der Waals surface area contributed by atoms with Crippen LogP contribution >= 0.6 is 22.6 Å². The van der Waals surface area contributed by atoms with Gasteiger partial charge in [0.2, 0.25) is 0 Å². The Morgan fingerprint density at radius 3 is 2.53 bits per heavy atom. The van der Waals surface area contributed by atoms with E-state index in [1.807, 2.05) is 0 Å². The Hall–Kier alpha value is -0.860. The molecule has 82 valence electrons. The van der Waals surface area contributed by atoms with Crippen molar-refractivity contribution in [3.05, 3.63) is 27.1 Å². The van der Waals surface area contributed by atoms with Crippen molar-refractivity contribution in [3.8, 4) is 0 Å². The lowest BCUT2D eigenvalue weighted by atomic mass is 10.3. The second-order valence-electron chi connectivity index (χ2n) is 2.52. The molecule has 0 saturated carbocycles. The van der Waals surface area contributed by atoms with Gasteiger partial charge in [0.15, 0.2) is 5.69 Å². The minimum absolute atomic E-state index is 0.0623. The molecular weight excluding hydrogens is 326 g/mol. The normalized spacial score (nSPS) is 11.3. The first kappa shape index (κ1) is 12.2. The van der Waals surface area contributed by atoms with Gasteiger partial charge in [-0.3, -0.25) is 0 Å². The van der Waals surface area contributed by atoms with Crippen molar-refractivity contribution >= 4 is 28.6 Å². The third-order valence-electron chi connectivity index (χ3n) is 1.51. The molecule has 1 aromatic rings. The number of alkyl halides is 3. The van der Waals surface area contributed by atoms with Crippen LogP contribution in [0.5, 0.6) is 0 Å². The molecule has 7 heteroatoms. The molecule has 0 spiro atoms. The van der Waals surface area contributed by atoms with Crippen LogP contribution < -0.4 is 0 Å². The zero-order valence-corrected chi connectivity index (χ0v) is 9.59. The number of esters is 1. The molecule has 0 aliphatic rings. The van der Waals surface area contributed by atoms with Gasteiger partial charge in [0.25, 0.3) is 0 Å². The van der Waals surface area contributed by atoms with E-state index in [0.717, 1.165) is 7.11 Å². The van der Waals surface area contributed by atoms with Gasteiger partial charge in [-0.2, -0.15) is 13.2 Å². The molecule has 1 aromatic heterocycles. The Bertz CT molecular complexity index is 392. The molecule has 0 aliphatic carbocycles. The molecule has 0 bridgehead atoms. The smallest absolute Gasteiger partial charge is 0.434 e. The highest BCUT2D eigenvalue weighted by atomic mass is 127. The second kappa shape index (κ2) is 4.33. The highest BCUT2D eigenvalue weighted by Crippen LogP contribution is 2.31. The Morgan fingerprint density at radius 1 is 1.47 bits per heavy atom. The first-order valence-electron chi connectivity index (χ1n) is 3.68. The van der Waals surface area contributed by atoms with E-state index >= 15 is 0 Å². The van der Waals surface area contributed by atoms with Crippen LogP contribution in [0.25, 0.3) is 0 Å². The van der Waals surface area contributed by atoms with Crippen molar-refractivity contribution in [2.75, 3.05) is 7.11 Å². The van der Waals surface area contributed by atoms with Crippen LogP contribution in [0, 0.1) is 3.57 Å². The number of aromatic nitrogens is 1. The first-order valence-corrected chi connectivity index (χ1v) is 4.76. The second-order valence-corrected chi connectivity index (χ2v) is 3.68. The molecule has 0 radical (unpaired) electrons. The minimum Gasteiger partial charge on any atom is -0.464 e. The molecule has 1 heterocycles. The summed E-state index contributed by atoms with van der Waals surface area (Å²) in [6.45, 7) is 0. The number of nitrogens with zero attached hydrogens (tertiary/aromatic N) is 1. The van der Waals surface area contributed by atoms with Crippen LogP contribution in [-0.4, -0.2) is 18.1 Å². The van der Waals surface area contributed by atoms with Gasteiger partial charge in [-0.1, -0.05) is 0 Å². The zero-order chi connectivity index (χ0) is 11.6. The third kappa shape index (κ3) is 2.80. The Morgan fingerprint density at radius 2 is 2.07 bits per heavy atom. The predicted molar refractivity (Wildman–Crippen MR) is 53.3 cm³/mol. The maximum absolute atomic E-state index is 12.4. The molecule has 0 saturated heterocycles. The van der Waals surface area contributed by atoms with Crippen LogP contribution in [0.2, 0.25) is 0 Å². The van der Waals surface area contributed by atoms with Gasteiger partial charge in [0.1, 0.15) is 5.69 Å². The van der Waals surface area contributed by atoms with E-state index in [1.54, 1.807) is 0 Å².